The molecular formula is C6H15NO3Si. The molecule has 0 radical (unpaired) electrons. The molecule has 0 spiro atoms. The van der Waals surface area contributed by atoms with Crippen molar-refractivity contribution in [1.29, 1.82) is 0 Å². The van der Waals surface area contributed by atoms with Crippen molar-refractivity contribution in [2.45, 2.75) is 19.0 Å². The summed E-state index contributed by atoms with van der Waals surface area (Å²) in [6.45, 7) is 1.90. The first-order valence-corrected chi connectivity index (χ1v) is 5.95. The Kier molecular flexibility index (Phi) is 4.32. The van der Waals surface area contributed by atoms with E-state index in [1.807, 2.05) is 6.55 Å². The Bertz CT molecular complexity index is 136. The second-order valence-corrected chi connectivity index (χ2v) is 6.09. The van der Waals surface area contributed by atoms with Gasteiger partial charge in [-0.1, -0.05) is 0 Å². The first kappa shape index (κ1) is 10.6. The van der Waals surface area contributed by atoms with Gasteiger partial charge in [-0.15, -0.1) is 0 Å². The summed E-state index contributed by atoms with van der Waals surface area (Å²) in [6.07, 6.45) is 0.338. The number of carbonyl (C=O) groups is 1. The van der Waals surface area contributed by atoms with Crippen LogP contribution in [0.4, 0.5) is 0 Å². The van der Waals surface area contributed by atoms with Crippen LogP contribution in [0.15, 0.2) is 0 Å². The molecule has 1 amide bonds. The average Bonchev–Trinajstić information content (AvgIpc) is 2.00. The summed E-state index contributed by atoms with van der Waals surface area (Å²) in [7, 11) is 1.13. The summed E-state index contributed by atoms with van der Waals surface area (Å²) >= 11 is 0. The number of rotatable bonds is 5. The van der Waals surface area contributed by atoms with Crippen LogP contribution in [0.25, 0.3) is 0 Å². The standard InChI is InChI=1S/C6H15NO3Si/c1-9-11(3,10-2)5-4-6(7)8/h4-5H2,1-3H3,(H2,7,8). The van der Waals surface area contributed by atoms with Crippen molar-refractivity contribution < 1.29 is 13.6 Å². The van der Waals surface area contributed by atoms with Gasteiger partial charge in [0.15, 0.2) is 0 Å². The van der Waals surface area contributed by atoms with E-state index in [1.54, 1.807) is 14.2 Å². The van der Waals surface area contributed by atoms with Crippen molar-refractivity contribution >= 4 is 14.5 Å². The van der Waals surface area contributed by atoms with Crippen molar-refractivity contribution in [3.8, 4) is 0 Å². The van der Waals surface area contributed by atoms with Crippen LogP contribution >= 0.6 is 0 Å². The highest BCUT2D eigenvalue weighted by molar-refractivity contribution is 6.66. The first-order valence-electron chi connectivity index (χ1n) is 3.42. The summed E-state index contributed by atoms with van der Waals surface area (Å²) in [5.41, 5.74) is 4.98. The molecule has 0 aromatic heterocycles. The van der Waals surface area contributed by atoms with Crippen LogP contribution in [0.1, 0.15) is 6.42 Å². The van der Waals surface area contributed by atoms with E-state index in [4.69, 9.17) is 14.6 Å². The van der Waals surface area contributed by atoms with E-state index in [0.717, 1.165) is 0 Å². The zero-order chi connectivity index (χ0) is 8.91. The molecule has 2 N–H and O–H groups in total. The number of nitrogens with two attached hydrogens (primary N) is 1. The van der Waals surface area contributed by atoms with Crippen LogP contribution < -0.4 is 5.73 Å². The van der Waals surface area contributed by atoms with Crippen LogP contribution in [0.5, 0.6) is 0 Å². The molecule has 0 atom stereocenters. The maximum absolute atomic E-state index is 10.4. The van der Waals surface area contributed by atoms with Gasteiger partial charge in [0, 0.05) is 20.6 Å². The Labute approximate surface area is 67.9 Å². The number of amides is 1. The molecule has 11 heavy (non-hydrogen) atoms. The molecule has 0 heterocycles. The zero-order valence-corrected chi connectivity index (χ0v) is 8.22. The van der Waals surface area contributed by atoms with Gasteiger partial charge in [0.25, 0.3) is 0 Å². The maximum Gasteiger partial charge on any atom is 0.334 e. The SMILES string of the molecule is CO[Si](C)(CCC(N)=O)OC. The van der Waals surface area contributed by atoms with E-state index < -0.39 is 8.56 Å². The predicted octanol–water partition coefficient (Wildman–Crippen LogP) is 0.227. The van der Waals surface area contributed by atoms with Gasteiger partial charge in [-0.3, -0.25) is 4.79 Å². The van der Waals surface area contributed by atoms with E-state index in [-0.39, 0.29) is 5.91 Å². The van der Waals surface area contributed by atoms with Gasteiger partial charge in [0.1, 0.15) is 0 Å². The Morgan fingerprint density at radius 2 is 1.91 bits per heavy atom. The highest BCUT2D eigenvalue weighted by Gasteiger charge is 2.28. The number of hydrogen-bond acceptors (Lipinski definition) is 3. The van der Waals surface area contributed by atoms with Crippen molar-refractivity contribution in [3.63, 3.8) is 0 Å². The molecule has 0 bridgehead atoms. The van der Waals surface area contributed by atoms with Gasteiger partial charge in [-0.05, 0) is 12.6 Å². The van der Waals surface area contributed by atoms with E-state index in [1.165, 1.54) is 0 Å². The monoisotopic (exact) mass is 177 g/mol. The van der Waals surface area contributed by atoms with Gasteiger partial charge in [0.2, 0.25) is 5.91 Å². The second kappa shape index (κ2) is 4.48. The van der Waals surface area contributed by atoms with Crippen LogP contribution in [0, 0.1) is 0 Å². The summed E-state index contributed by atoms with van der Waals surface area (Å²) in [5.74, 6) is -0.308. The van der Waals surface area contributed by atoms with Crippen molar-refractivity contribution in [1.82, 2.24) is 0 Å². The summed E-state index contributed by atoms with van der Waals surface area (Å²) in [6, 6.07) is 0.620. The van der Waals surface area contributed by atoms with Crippen molar-refractivity contribution in [2.24, 2.45) is 5.73 Å². The van der Waals surface area contributed by atoms with Gasteiger partial charge in [-0.2, -0.15) is 0 Å². The van der Waals surface area contributed by atoms with E-state index in [2.05, 4.69) is 0 Å². The Morgan fingerprint density at radius 3 is 2.18 bits per heavy atom. The van der Waals surface area contributed by atoms with E-state index in [0.29, 0.717) is 12.5 Å². The highest BCUT2D eigenvalue weighted by Crippen LogP contribution is 2.12. The lowest BCUT2D eigenvalue weighted by molar-refractivity contribution is -0.117. The summed E-state index contributed by atoms with van der Waals surface area (Å²) < 4.78 is 10.3. The van der Waals surface area contributed by atoms with E-state index in [9.17, 15) is 4.79 Å². The molecular weight excluding hydrogens is 162 g/mol. The molecule has 0 saturated heterocycles. The van der Waals surface area contributed by atoms with Crippen molar-refractivity contribution in [2.75, 3.05) is 14.2 Å². The fourth-order valence-corrected chi connectivity index (χ4v) is 1.91. The van der Waals surface area contributed by atoms with Gasteiger partial charge >= 0.3 is 8.56 Å². The Morgan fingerprint density at radius 1 is 1.45 bits per heavy atom. The smallest absolute Gasteiger partial charge is 0.334 e. The summed E-state index contributed by atoms with van der Waals surface area (Å²) in [5, 5.41) is 0. The minimum absolute atomic E-state index is 0.308. The van der Waals surface area contributed by atoms with Gasteiger partial charge in [-0.25, -0.2) is 0 Å². The molecule has 0 aromatic rings. The van der Waals surface area contributed by atoms with Crippen LogP contribution in [-0.2, 0) is 13.6 Å². The van der Waals surface area contributed by atoms with E-state index >= 15 is 0 Å². The molecule has 0 aromatic carbocycles. The molecule has 0 unspecified atom stereocenters. The average molecular weight is 177 g/mol. The fourth-order valence-electron chi connectivity index (χ4n) is 0.638. The molecule has 0 fully saturated rings. The van der Waals surface area contributed by atoms with Gasteiger partial charge in [0.05, 0.1) is 0 Å². The number of primary amides is 1. The van der Waals surface area contributed by atoms with Crippen LogP contribution in [0.3, 0.4) is 0 Å². The first-order chi connectivity index (χ1) is 5.04. The normalized spacial score (nSPS) is 11.5. The lowest BCUT2D eigenvalue weighted by atomic mass is 10.5. The zero-order valence-electron chi connectivity index (χ0n) is 7.22. The number of carbonyl (C=O) groups excluding carboxylic acids is 1. The minimum atomic E-state index is -2.06. The molecule has 0 aliphatic heterocycles. The molecule has 0 aliphatic rings. The molecule has 66 valence electrons. The molecule has 0 aliphatic carbocycles. The fraction of sp³-hybridized carbons (Fsp3) is 0.833. The van der Waals surface area contributed by atoms with Crippen molar-refractivity contribution in [3.05, 3.63) is 0 Å². The third-order valence-corrected chi connectivity index (χ3v) is 4.57. The predicted molar refractivity (Wildman–Crippen MR) is 44.3 cm³/mol. The minimum Gasteiger partial charge on any atom is -0.398 e. The third-order valence-electron chi connectivity index (χ3n) is 1.69. The third kappa shape index (κ3) is 4.13. The molecule has 0 saturated carbocycles. The van der Waals surface area contributed by atoms with Gasteiger partial charge < -0.3 is 14.6 Å². The molecule has 5 heteroatoms. The lowest BCUT2D eigenvalue weighted by Crippen LogP contribution is -2.37. The molecule has 0 rings (SSSR count). The lowest BCUT2D eigenvalue weighted by Gasteiger charge is -2.21. The second-order valence-electron chi connectivity index (χ2n) is 2.51. The maximum atomic E-state index is 10.4. The Hall–Kier alpha value is -0.393. The highest BCUT2D eigenvalue weighted by atomic mass is 28.4. The largest absolute Gasteiger partial charge is 0.398 e. The summed E-state index contributed by atoms with van der Waals surface area (Å²) in [4.78, 5) is 10.4. The topological polar surface area (TPSA) is 61.5 Å². The Balaban J connectivity index is 3.78. The number of hydrogen-bond donors (Lipinski definition) is 1. The van der Waals surface area contributed by atoms with Crippen LogP contribution in [-0.4, -0.2) is 28.7 Å². The molecule has 4 nitrogen and oxygen atoms in total. The quantitative estimate of drug-likeness (QED) is 0.611. The van der Waals surface area contributed by atoms with Crippen LogP contribution in [0.2, 0.25) is 12.6 Å².